The normalized spacial score (nSPS) is 25.8. The number of rotatable bonds is 3. The van der Waals surface area contributed by atoms with E-state index < -0.39 is 0 Å². The van der Waals surface area contributed by atoms with Crippen LogP contribution in [-0.4, -0.2) is 66.2 Å². The van der Waals surface area contributed by atoms with Crippen LogP contribution in [0.4, 0.5) is 0 Å². The number of piperidine rings is 1. The number of fused-ring (bicyclic) bond motifs is 1. The van der Waals surface area contributed by atoms with Gasteiger partial charge >= 0.3 is 0 Å². The molecule has 3 aliphatic heterocycles. The molecule has 160 valence electrons. The standard InChI is InChI=1S/C23H28N2O5/c26-20(24-10-4-5-16(14-24)23-29-11-12-30-23)15-8-9-18-19(13-15)22(28)25(21(18)27)17-6-2-1-3-7-17/h8-9,13,16-17,23H,1-7,10-12,14H2. The minimum absolute atomic E-state index is 0.0143. The highest BCUT2D eigenvalue weighted by Crippen LogP contribution is 2.32. The number of amides is 3. The number of nitrogens with zero attached hydrogens (tertiary/aromatic N) is 2. The number of benzene rings is 1. The van der Waals surface area contributed by atoms with Crippen LogP contribution in [0, 0.1) is 5.92 Å². The lowest BCUT2D eigenvalue weighted by Gasteiger charge is -2.34. The fourth-order valence-corrected chi connectivity index (χ4v) is 5.31. The van der Waals surface area contributed by atoms with Gasteiger partial charge < -0.3 is 14.4 Å². The van der Waals surface area contributed by atoms with E-state index in [1.54, 1.807) is 18.2 Å². The van der Waals surface area contributed by atoms with Crippen LogP contribution in [0.3, 0.4) is 0 Å². The van der Waals surface area contributed by atoms with E-state index in [1.165, 1.54) is 4.90 Å². The van der Waals surface area contributed by atoms with Crippen LogP contribution < -0.4 is 0 Å². The maximum atomic E-state index is 13.2. The monoisotopic (exact) mass is 412 g/mol. The Morgan fingerprint density at radius 3 is 2.40 bits per heavy atom. The molecule has 0 aromatic heterocycles. The molecule has 1 aliphatic carbocycles. The third kappa shape index (κ3) is 3.44. The summed E-state index contributed by atoms with van der Waals surface area (Å²) in [5, 5.41) is 0. The molecule has 30 heavy (non-hydrogen) atoms. The molecule has 3 fully saturated rings. The molecule has 1 aromatic rings. The lowest BCUT2D eigenvalue weighted by molar-refractivity contribution is -0.0969. The molecule has 7 nitrogen and oxygen atoms in total. The number of imide groups is 1. The topological polar surface area (TPSA) is 76.2 Å². The van der Waals surface area contributed by atoms with Crippen LogP contribution in [0.2, 0.25) is 0 Å². The number of carbonyl (C=O) groups is 3. The van der Waals surface area contributed by atoms with Crippen molar-refractivity contribution >= 4 is 17.7 Å². The van der Waals surface area contributed by atoms with Gasteiger partial charge in [0.25, 0.3) is 17.7 Å². The van der Waals surface area contributed by atoms with Crippen molar-refractivity contribution in [2.24, 2.45) is 5.92 Å². The van der Waals surface area contributed by atoms with Crippen LogP contribution in [0.1, 0.15) is 76.0 Å². The molecule has 3 amide bonds. The highest BCUT2D eigenvalue weighted by atomic mass is 16.7. The minimum Gasteiger partial charge on any atom is -0.350 e. The quantitative estimate of drug-likeness (QED) is 0.714. The lowest BCUT2D eigenvalue weighted by atomic mass is 9.94. The van der Waals surface area contributed by atoms with Crippen molar-refractivity contribution in [1.29, 1.82) is 0 Å². The molecule has 1 aromatic carbocycles. The molecule has 0 bridgehead atoms. The molecule has 3 heterocycles. The Balaban J connectivity index is 1.33. The molecule has 7 heteroatoms. The Morgan fingerprint density at radius 1 is 0.900 bits per heavy atom. The Morgan fingerprint density at radius 2 is 1.63 bits per heavy atom. The molecule has 4 aliphatic rings. The Labute approximate surface area is 176 Å². The average molecular weight is 412 g/mol. The van der Waals surface area contributed by atoms with E-state index in [2.05, 4.69) is 0 Å². The first-order chi connectivity index (χ1) is 14.6. The first-order valence-corrected chi connectivity index (χ1v) is 11.2. The van der Waals surface area contributed by atoms with E-state index in [0.29, 0.717) is 43.0 Å². The lowest BCUT2D eigenvalue weighted by Crippen LogP contribution is -2.43. The van der Waals surface area contributed by atoms with Gasteiger partial charge in [0.15, 0.2) is 6.29 Å². The molecule has 0 spiro atoms. The van der Waals surface area contributed by atoms with Gasteiger partial charge in [-0.05, 0) is 43.9 Å². The Hall–Kier alpha value is -2.25. The fourth-order valence-electron chi connectivity index (χ4n) is 5.31. The van der Waals surface area contributed by atoms with E-state index in [4.69, 9.17) is 9.47 Å². The third-order valence-electron chi connectivity index (χ3n) is 6.88. The van der Waals surface area contributed by atoms with Crippen molar-refractivity contribution in [3.63, 3.8) is 0 Å². The maximum absolute atomic E-state index is 13.2. The predicted molar refractivity (Wildman–Crippen MR) is 108 cm³/mol. The second-order valence-electron chi connectivity index (χ2n) is 8.80. The first kappa shape index (κ1) is 19.7. The summed E-state index contributed by atoms with van der Waals surface area (Å²) in [6.07, 6.45) is 6.64. The van der Waals surface area contributed by atoms with E-state index in [0.717, 1.165) is 44.9 Å². The summed E-state index contributed by atoms with van der Waals surface area (Å²) in [5.74, 6) is -0.392. The number of likely N-dealkylation sites (tertiary alicyclic amines) is 1. The smallest absolute Gasteiger partial charge is 0.261 e. The summed E-state index contributed by atoms with van der Waals surface area (Å²) in [4.78, 5) is 42.3. The highest BCUT2D eigenvalue weighted by molar-refractivity contribution is 6.22. The van der Waals surface area contributed by atoms with Gasteiger partial charge in [-0.1, -0.05) is 19.3 Å². The first-order valence-electron chi connectivity index (χ1n) is 11.2. The summed E-state index contributed by atoms with van der Waals surface area (Å²) in [7, 11) is 0. The number of ether oxygens (including phenoxy) is 2. The number of carbonyl (C=O) groups excluding carboxylic acids is 3. The zero-order chi connectivity index (χ0) is 20.7. The number of hydrogen-bond donors (Lipinski definition) is 0. The fraction of sp³-hybridized carbons (Fsp3) is 0.609. The van der Waals surface area contributed by atoms with Crippen LogP contribution in [0.25, 0.3) is 0 Å². The van der Waals surface area contributed by atoms with E-state index in [9.17, 15) is 14.4 Å². The van der Waals surface area contributed by atoms with Gasteiger partial charge in [-0.2, -0.15) is 0 Å². The van der Waals surface area contributed by atoms with Gasteiger partial charge in [0.2, 0.25) is 0 Å². The second-order valence-corrected chi connectivity index (χ2v) is 8.80. The van der Waals surface area contributed by atoms with Gasteiger partial charge in [-0.15, -0.1) is 0 Å². The molecular weight excluding hydrogens is 384 g/mol. The van der Waals surface area contributed by atoms with Crippen molar-refractivity contribution in [1.82, 2.24) is 9.80 Å². The van der Waals surface area contributed by atoms with Crippen molar-refractivity contribution in [3.8, 4) is 0 Å². The average Bonchev–Trinajstić information content (AvgIpc) is 3.41. The molecule has 1 saturated carbocycles. The van der Waals surface area contributed by atoms with Gasteiger partial charge in [-0.25, -0.2) is 0 Å². The summed E-state index contributed by atoms with van der Waals surface area (Å²) < 4.78 is 11.3. The van der Waals surface area contributed by atoms with Gasteiger partial charge in [-0.3, -0.25) is 19.3 Å². The zero-order valence-electron chi connectivity index (χ0n) is 17.2. The van der Waals surface area contributed by atoms with Gasteiger partial charge in [0.1, 0.15) is 0 Å². The van der Waals surface area contributed by atoms with Crippen LogP contribution in [0.5, 0.6) is 0 Å². The van der Waals surface area contributed by atoms with Crippen LogP contribution >= 0.6 is 0 Å². The van der Waals surface area contributed by atoms with Crippen LogP contribution in [-0.2, 0) is 9.47 Å². The van der Waals surface area contributed by atoms with E-state index >= 15 is 0 Å². The maximum Gasteiger partial charge on any atom is 0.261 e. The van der Waals surface area contributed by atoms with Crippen LogP contribution in [0.15, 0.2) is 18.2 Å². The summed E-state index contributed by atoms with van der Waals surface area (Å²) in [6.45, 7) is 2.48. The Bertz CT molecular complexity index is 857. The predicted octanol–water partition coefficient (Wildman–Crippen LogP) is 2.84. The number of hydrogen-bond acceptors (Lipinski definition) is 5. The van der Waals surface area contributed by atoms with Crippen molar-refractivity contribution in [2.45, 2.75) is 57.3 Å². The molecule has 0 radical (unpaired) electrons. The molecule has 2 saturated heterocycles. The van der Waals surface area contributed by atoms with E-state index in [1.807, 2.05) is 4.90 Å². The third-order valence-corrected chi connectivity index (χ3v) is 6.88. The molecule has 5 rings (SSSR count). The van der Waals surface area contributed by atoms with E-state index in [-0.39, 0.29) is 36.0 Å². The molecule has 1 unspecified atom stereocenters. The highest BCUT2D eigenvalue weighted by Gasteiger charge is 2.41. The largest absolute Gasteiger partial charge is 0.350 e. The minimum atomic E-state index is -0.249. The van der Waals surface area contributed by atoms with Crippen molar-refractivity contribution in [3.05, 3.63) is 34.9 Å². The second kappa shape index (κ2) is 8.12. The molecule has 1 atom stereocenters. The summed E-state index contributed by atoms with van der Waals surface area (Å²) in [6, 6.07) is 4.94. The van der Waals surface area contributed by atoms with Gasteiger partial charge in [0.05, 0.1) is 24.3 Å². The summed E-state index contributed by atoms with van der Waals surface area (Å²) >= 11 is 0. The van der Waals surface area contributed by atoms with Crippen molar-refractivity contribution < 1.29 is 23.9 Å². The summed E-state index contributed by atoms with van der Waals surface area (Å²) in [5.41, 5.74) is 1.26. The SMILES string of the molecule is O=C(c1ccc2c(c1)C(=O)N(C1CCCCC1)C2=O)N1CCCC(C2OCCO2)C1. The Kier molecular flexibility index (Phi) is 5.33. The van der Waals surface area contributed by atoms with Crippen molar-refractivity contribution in [2.75, 3.05) is 26.3 Å². The molecular formula is C23H28N2O5. The zero-order valence-corrected chi connectivity index (χ0v) is 17.2. The van der Waals surface area contributed by atoms with Gasteiger partial charge in [0, 0.05) is 30.6 Å². The molecule has 0 N–H and O–H groups in total.